The van der Waals surface area contributed by atoms with Crippen LogP contribution in [-0.2, 0) is 0 Å². The van der Waals surface area contributed by atoms with E-state index in [0.717, 1.165) is 12.3 Å². The number of nitrogens with one attached hydrogen (secondary N) is 1. The van der Waals surface area contributed by atoms with Crippen molar-refractivity contribution >= 4 is 23.0 Å². The summed E-state index contributed by atoms with van der Waals surface area (Å²) in [6.07, 6.45) is 2.39. The van der Waals surface area contributed by atoms with Crippen LogP contribution in [-0.4, -0.2) is 10.8 Å². The first-order valence-corrected chi connectivity index (χ1v) is 5.95. The maximum absolute atomic E-state index is 5.37. The van der Waals surface area contributed by atoms with Crippen LogP contribution in [0.15, 0.2) is 5.10 Å². The van der Waals surface area contributed by atoms with Crippen LogP contribution in [0.2, 0.25) is 0 Å². The molecule has 15 heavy (non-hydrogen) atoms. The van der Waals surface area contributed by atoms with E-state index in [-0.39, 0.29) is 5.11 Å². The zero-order valence-corrected chi connectivity index (χ0v) is 10.4. The number of hydrogen-bond acceptors (Lipinski definition) is 2. The van der Waals surface area contributed by atoms with Crippen molar-refractivity contribution in [2.75, 3.05) is 0 Å². The van der Waals surface area contributed by atoms with Crippen molar-refractivity contribution in [3.05, 3.63) is 0 Å². The zero-order chi connectivity index (χ0) is 11.2. The van der Waals surface area contributed by atoms with Gasteiger partial charge in [-0.3, -0.25) is 5.43 Å². The van der Waals surface area contributed by atoms with E-state index < -0.39 is 0 Å². The first-order chi connectivity index (χ1) is 6.93. The lowest BCUT2D eigenvalue weighted by Crippen LogP contribution is -2.35. The molecule has 0 aromatic heterocycles. The van der Waals surface area contributed by atoms with E-state index in [2.05, 4.69) is 31.3 Å². The Labute approximate surface area is 96.5 Å². The van der Waals surface area contributed by atoms with Crippen LogP contribution >= 0.6 is 12.2 Å². The molecule has 3 nitrogen and oxygen atoms in total. The van der Waals surface area contributed by atoms with Crippen molar-refractivity contribution in [3.63, 3.8) is 0 Å². The molecule has 0 spiro atoms. The fraction of sp³-hybridized carbons (Fsp3) is 0.818. The van der Waals surface area contributed by atoms with Gasteiger partial charge in [0.1, 0.15) is 0 Å². The Kier molecular flexibility index (Phi) is 2.49. The van der Waals surface area contributed by atoms with Gasteiger partial charge in [0.25, 0.3) is 0 Å². The summed E-state index contributed by atoms with van der Waals surface area (Å²) in [4.78, 5) is 0. The van der Waals surface area contributed by atoms with Gasteiger partial charge in [0.15, 0.2) is 5.11 Å². The van der Waals surface area contributed by atoms with Gasteiger partial charge in [-0.1, -0.05) is 20.8 Å². The average Bonchev–Trinajstić information content (AvgIpc) is 2.64. The maximum atomic E-state index is 5.37. The topological polar surface area (TPSA) is 50.4 Å². The number of hydrazone groups is 1. The molecule has 0 amide bonds. The minimum atomic E-state index is 0.261. The number of hydrogen-bond donors (Lipinski definition) is 2. The highest BCUT2D eigenvalue weighted by atomic mass is 32.1. The van der Waals surface area contributed by atoms with E-state index in [1.54, 1.807) is 0 Å². The first-order valence-electron chi connectivity index (χ1n) is 5.55. The average molecular weight is 225 g/mol. The van der Waals surface area contributed by atoms with Gasteiger partial charge in [-0.05, 0) is 42.3 Å². The van der Waals surface area contributed by atoms with Crippen LogP contribution in [0.1, 0.15) is 33.6 Å². The van der Waals surface area contributed by atoms with Gasteiger partial charge in [-0.2, -0.15) is 5.10 Å². The van der Waals surface area contributed by atoms with Gasteiger partial charge in [0.05, 0.1) is 0 Å². The summed E-state index contributed by atoms with van der Waals surface area (Å²) in [5.41, 5.74) is 9.82. The van der Waals surface area contributed by atoms with Crippen molar-refractivity contribution in [1.29, 1.82) is 0 Å². The summed E-state index contributed by atoms with van der Waals surface area (Å²) in [5.74, 6) is 2.12. The quantitative estimate of drug-likeness (QED) is 0.529. The van der Waals surface area contributed by atoms with E-state index in [1.807, 2.05) is 0 Å². The van der Waals surface area contributed by atoms with E-state index in [1.165, 1.54) is 12.1 Å². The molecule has 3 N–H and O–H groups in total. The molecule has 2 aliphatic rings. The second-order valence-corrected chi connectivity index (χ2v) is 5.87. The van der Waals surface area contributed by atoms with Crippen LogP contribution < -0.4 is 11.2 Å². The summed E-state index contributed by atoms with van der Waals surface area (Å²) in [6.45, 7) is 7.08. The van der Waals surface area contributed by atoms with Crippen LogP contribution in [0.5, 0.6) is 0 Å². The van der Waals surface area contributed by atoms with Crippen molar-refractivity contribution < 1.29 is 0 Å². The van der Waals surface area contributed by atoms with Gasteiger partial charge in [-0.25, -0.2) is 0 Å². The Morgan fingerprint density at radius 2 is 2.27 bits per heavy atom. The lowest BCUT2D eigenvalue weighted by atomic mass is 9.69. The Hall–Kier alpha value is -0.640. The molecule has 0 aromatic carbocycles. The molecular weight excluding hydrogens is 206 g/mol. The number of thiocarbonyl (C=S) groups is 1. The van der Waals surface area contributed by atoms with E-state index in [9.17, 15) is 0 Å². The molecule has 3 atom stereocenters. The molecule has 2 bridgehead atoms. The minimum Gasteiger partial charge on any atom is -0.375 e. The maximum Gasteiger partial charge on any atom is 0.184 e. The standard InChI is InChI=1S/C11H19N3S/c1-6-8-4-7(11(6,2)3)5-9(8)13-14-10(12)15/h6-8H,4-5H2,1-3H3,(H3,12,14,15)/b13-9+. The van der Waals surface area contributed by atoms with Gasteiger partial charge >= 0.3 is 0 Å². The second-order valence-electron chi connectivity index (χ2n) is 5.43. The molecule has 4 heteroatoms. The normalized spacial score (nSPS) is 39.7. The Balaban J connectivity index is 2.12. The summed E-state index contributed by atoms with van der Waals surface area (Å²) >= 11 is 4.75. The van der Waals surface area contributed by atoms with E-state index in [4.69, 9.17) is 18.0 Å². The predicted molar refractivity (Wildman–Crippen MR) is 66.5 cm³/mol. The monoisotopic (exact) mass is 225 g/mol. The fourth-order valence-electron chi connectivity index (χ4n) is 3.13. The molecule has 0 radical (unpaired) electrons. The lowest BCUT2D eigenvalue weighted by Gasteiger charge is -2.36. The number of rotatable bonds is 1. The number of fused-ring (bicyclic) bond motifs is 2. The molecule has 2 aliphatic carbocycles. The minimum absolute atomic E-state index is 0.261. The molecule has 2 fully saturated rings. The highest BCUT2D eigenvalue weighted by Crippen LogP contribution is 2.57. The molecule has 0 aromatic rings. The summed E-state index contributed by atoms with van der Waals surface area (Å²) in [6, 6.07) is 0. The molecule has 2 saturated carbocycles. The van der Waals surface area contributed by atoms with Crippen LogP contribution in [0.3, 0.4) is 0 Å². The SMILES string of the molecule is CC1C2CC(C/C2=N\NC(N)=S)C1(C)C. The lowest BCUT2D eigenvalue weighted by molar-refractivity contribution is 0.182. The molecule has 0 aliphatic heterocycles. The third kappa shape index (κ3) is 1.65. The Morgan fingerprint density at radius 1 is 1.60 bits per heavy atom. The Morgan fingerprint density at radius 3 is 2.73 bits per heavy atom. The molecule has 0 saturated heterocycles. The highest BCUT2D eigenvalue weighted by molar-refractivity contribution is 7.80. The predicted octanol–water partition coefficient (Wildman–Crippen LogP) is 1.88. The Bertz CT molecular complexity index is 318. The first kappa shape index (κ1) is 10.9. The zero-order valence-electron chi connectivity index (χ0n) is 9.58. The van der Waals surface area contributed by atoms with Crippen molar-refractivity contribution in [3.8, 4) is 0 Å². The molecule has 84 valence electrons. The summed E-state index contributed by atoms with van der Waals surface area (Å²) in [7, 11) is 0. The van der Waals surface area contributed by atoms with Crippen molar-refractivity contribution in [2.24, 2.45) is 34.0 Å². The van der Waals surface area contributed by atoms with Crippen LogP contribution in [0.4, 0.5) is 0 Å². The summed E-state index contributed by atoms with van der Waals surface area (Å²) in [5, 5.41) is 4.58. The van der Waals surface area contributed by atoms with Gasteiger partial charge in [0, 0.05) is 11.6 Å². The van der Waals surface area contributed by atoms with Gasteiger partial charge in [0.2, 0.25) is 0 Å². The third-order valence-corrected chi connectivity index (χ3v) is 4.65. The van der Waals surface area contributed by atoms with Gasteiger partial charge in [-0.15, -0.1) is 0 Å². The molecule has 3 unspecified atom stereocenters. The molecular formula is C11H19N3S. The third-order valence-electron chi connectivity index (χ3n) is 4.56. The van der Waals surface area contributed by atoms with Crippen LogP contribution in [0, 0.1) is 23.2 Å². The number of nitrogens with two attached hydrogens (primary N) is 1. The second kappa shape index (κ2) is 3.44. The fourth-order valence-corrected chi connectivity index (χ4v) is 3.18. The summed E-state index contributed by atoms with van der Waals surface area (Å²) < 4.78 is 0. The van der Waals surface area contributed by atoms with Crippen LogP contribution in [0.25, 0.3) is 0 Å². The van der Waals surface area contributed by atoms with E-state index >= 15 is 0 Å². The molecule has 2 rings (SSSR count). The van der Waals surface area contributed by atoms with Crippen molar-refractivity contribution in [1.82, 2.24) is 5.43 Å². The van der Waals surface area contributed by atoms with Crippen molar-refractivity contribution in [2.45, 2.75) is 33.6 Å². The smallest absolute Gasteiger partial charge is 0.184 e. The van der Waals surface area contributed by atoms with E-state index in [0.29, 0.717) is 17.3 Å². The largest absolute Gasteiger partial charge is 0.375 e. The number of nitrogens with zero attached hydrogens (tertiary/aromatic N) is 1. The molecule has 0 heterocycles. The van der Waals surface area contributed by atoms with Gasteiger partial charge < -0.3 is 5.73 Å². The highest BCUT2D eigenvalue weighted by Gasteiger charge is 2.53.